The van der Waals surface area contributed by atoms with Crippen molar-refractivity contribution < 1.29 is 9.35 Å². The lowest BCUT2D eigenvalue weighted by Gasteiger charge is -2.10. The number of pyridine rings is 1. The highest BCUT2D eigenvalue weighted by Gasteiger charge is 2.15. The molecule has 2 aromatic heterocycles. The second kappa shape index (κ2) is 7.02. The molecule has 0 radical (unpaired) electrons. The van der Waals surface area contributed by atoms with Crippen molar-refractivity contribution in [2.24, 2.45) is 0 Å². The van der Waals surface area contributed by atoms with Crippen molar-refractivity contribution in [2.75, 3.05) is 18.6 Å². The van der Waals surface area contributed by atoms with E-state index in [9.17, 15) is 14.1 Å². The van der Waals surface area contributed by atoms with Gasteiger partial charge >= 0.3 is 0 Å². The lowest BCUT2D eigenvalue weighted by molar-refractivity contribution is 0.0957. The molecule has 0 spiro atoms. The summed E-state index contributed by atoms with van der Waals surface area (Å²) >= 11 is -0.987. The van der Waals surface area contributed by atoms with Crippen molar-refractivity contribution in [2.45, 2.75) is 0 Å². The quantitative estimate of drug-likeness (QED) is 0.435. The number of amides is 1. The van der Waals surface area contributed by atoms with Gasteiger partial charge in [0.25, 0.3) is 11.5 Å². The Hall–Kier alpha value is -2.90. The zero-order valence-electron chi connectivity index (χ0n) is 14.6. The normalized spacial score (nSPS) is 12.5. The SMILES string of the molecule is C[S+]([O-])CCNC(=O)c1cccn2c(=O)c3cc4ccccc4cc3nc12. The molecule has 0 saturated heterocycles. The van der Waals surface area contributed by atoms with E-state index in [0.717, 1.165) is 10.8 Å². The molecule has 2 aromatic carbocycles. The van der Waals surface area contributed by atoms with Gasteiger partial charge in [0, 0.05) is 6.20 Å². The van der Waals surface area contributed by atoms with Gasteiger partial charge in [-0.25, -0.2) is 4.98 Å². The Kier molecular flexibility index (Phi) is 4.55. The Morgan fingerprint density at radius 2 is 1.93 bits per heavy atom. The average molecular weight is 379 g/mol. The third-order valence-electron chi connectivity index (χ3n) is 4.43. The molecule has 0 bridgehead atoms. The van der Waals surface area contributed by atoms with Crippen molar-refractivity contribution >= 4 is 44.4 Å². The monoisotopic (exact) mass is 379 g/mol. The fourth-order valence-electron chi connectivity index (χ4n) is 3.09. The summed E-state index contributed by atoms with van der Waals surface area (Å²) in [5, 5.41) is 5.18. The van der Waals surface area contributed by atoms with E-state index in [-0.39, 0.29) is 11.5 Å². The highest BCUT2D eigenvalue weighted by atomic mass is 32.2. The molecule has 136 valence electrons. The summed E-state index contributed by atoms with van der Waals surface area (Å²) in [6, 6.07) is 14.7. The fraction of sp³-hybridized carbons (Fsp3) is 0.150. The minimum absolute atomic E-state index is 0.218. The van der Waals surface area contributed by atoms with Crippen LogP contribution in [0.2, 0.25) is 0 Å². The standard InChI is InChI=1S/C20H17N3O3S/c1-27(26)10-8-21-19(24)15-7-4-9-23-18(15)22-17-12-14-6-3-2-5-13(14)11-16(17)20(23)25/h2-7,9,11-12H,8,10H2,1H3,(H,21,24). The zero-order chi connectivity index (χ0) is 19.0. The van der Waals surface area contributed by atoms with Crippen LogP contribution < -0.4 is 10.9 Å². The first-order chi connectivity index (χ1) is 13.0. The van der Waals surface area contributed by atoms with Crippen LogP contribution >= 0.6 is 0 Å². The summed E-state index contributed by atoms with van der Waals surface area (Å²) in [6.45, 7) is 0.297. The summed E-state index contributed by atoms with van der Waals surface area (Å²) in [4.78, 5) is 30.1. The number of fused-ring (bicyclic) bond motifs is 3. The Bertz CT molecular complexity index is 1230. The molecule has 7 heteroatoms. The Morgan fingerprint density at radius 3 is 2.67 bits per heavy atom. The van der Waals surface area contributed by atoms with E-state index in [1.807, 2.05) is 36.4 Å². The van der Waals surface area contributed by atoms with Crippen LogP contribution in [-0.4, -0.2) is 38.4 Å². The summed E-state index contributed by atoms with van der Waals surface area (Å²) in [6.07, 6.45) is 3.19. The van der Waals surface area contributed by atoms with E-state index in [0.29, 0.717) is 34.4 Å². The number of hydrogen-bond donors (Lipinski definition) is 1. The first-order valence-corrected chi connectivity index (χ1v) is 10.2. The Labute approximate surface area is 158 Å². The first kappa shape index (κ1) is 17.5. The lowest BCUT2D eigenvalue weighted by atomic mass is 10.1. The number of benzene rings is 2. The van der Waals surface area contributed by atoms with E-state index in [4.69, 9.17) is 0 Å². The van der Waals surface area contributed by atoms with Crippen LogP contribution in [0.4, 0.5) is 0 Å². The van der Waals surface area contributed by atoms with Gasteiger partial charge in [-0.05, 0) is 35.0 Å². The van der Waals surface area contributed by atoms with Crippen LogP contribution in [0.25, 0.3) is 27.3 Å². The number of rotatable bonds is 4. The molecular formula is C20H17N3O3S. The molecule has 0 saturated carbocycles. The highest BCUT2D eigenvalue weighted by Crippen LogP contribution is 2.20. The van der Waals surface area contributed by atoms with E-state index in [2.05, 4.69) is 10.3 Å². The average Bonchev–Trinajstić information content (AvgIpc) is 2.66. The Balaban J connectivity index is 1.88. The summed E-state index contributed by atoms with van der Waals surface area (Å²) in [5.74, 6) is 0.0318. The predicted octanol–water partition coefficient (Wildman–Crippen LogP) is 2.11. The number of carbonyl (C=O) groups excluding carboxylic acids is 1. The van der Waals surface area contributed by atoms with Gasteiger partial charge in [-0.2, -0.15) is 0 Å². The van der Waals surface area contributed by atoms with E-state index in [1.165, 1.54) is 4.40 Å². The first-order valence-electron chi connectivity index (χ1n) is 8.47. The van der Waals surface area contributed by atoms with Gasteiger partial charge in [-0.1, -0.05) is 35.4 Å². The van der Waals surface area contributed by atoms with E-state index >= 15 is 0 Å². The Morgan fingerprint density at radius 1 is 1.19 bits per heavy atom. The molecule has 4 rings (SSSR count). The summed E-state index contributed by atoms with van der Waals surface area (Å²) in [7, 11) is 0. The molecule has 0 aliphatic heterocycles. The third-order valence-corrected chi connectivity index (χ3v) is 5.21. The van der Waals surface area contributed by atoms with Gasteiger partial charge < -0.3 is 9.87 Å². The van der Waals surface area contributed by atoms with Crippen LogP contribution in [0, 0.1) is 0 Å². The minimum atomic E-state index is -0.987. The maximum Gasteiger partial charge on any atom is 0.265 e. The van der Waals surface area contributed by atoms with Crippen LogP contribution in [-0.2, 0) is 11.2 Å². The zero-order valence-corrected chi connectivity index (χ0v) is 15.5. The molecule has 6 nitrogen and oxygen atoms in total. The molecule has 0 fully saturated rings. The number of aromatic nitrogens is 2. The maximum atomic E-state index is 13.0. The van der Waals surface area contributed by atoms with Gasteiger partial charge in [0.2, 0.25) is 0 Å². The van der Waals surface area contributed by atoms with Crippen LogP contribution in [0.3, 0.4) is 0 Å². The van der Waals surface area contributed by atoms with Crippen molar-refractivity contribution in [3.8, 4) is 0 Å². The van der Waals surface area contributed by atoms with E-state index < -0.39 is 11.2 Å². The summed E-state index contributed by atoms with van der Waals surface area (Å²) in [5.41, 5.74) is 0.950. The molecule has 27 heavy (non-hydrogen) atoms. The molecule has 1 amide bonds. The maximum absolute atomic E-state index is 13.0. The van der Waals surface area contributed by atoms with Gasteiger partial charge in [0.15, 0.2) is 5.65 Å². The van der Waals surface area contributed by atoms with Gasteiger partial charge in [0.05, 0.1) is 29.3 Å². The van der Waals surface area contributed by atoms with Gasteiger partial charge in [-0.15, -0.1) is 0 Å². The lowest BCUT2D eigenvalue weighted by Crippen LogP contribution is -2.30. The van der Waals surface area contributed by atoms with Crippen molar-refractivity contribution in [3.63, 3.8) is 0 Å². The number of hydrogen-bond acceptors (Lipinski definition) is 4. The van der Waals surface area contributed by atoms with E-state index in [1.54, 1.807) is 24.6 Å². The molecule has 4 aromatic rings. The topological polar surface area (TPSA) is 86.5 Å². The summed E-state index contributed by atoms with van der Waals surface area (Å²) < 4.78 is 12.6. The van der Waals surface area contributed by atoms with Gasteiger partial charge in [-0.3, -0.25) is 14.0 Å². The number of nitrogens with zero attached hydrogens (tertiary/aromatic N) is 2. The van der Waals surface area contributed by atoms with Crippen LogP contribution in [0.5, 0.6) is 0 Å². The van der Waals surface area contributed by atoms with Crippen LogP contribution in [0.1, 0.15) is 10.4 Å². The molecule has 1 unspecified atom stereocenters. The largest absolute Gasteiger partial charge is 0.617 e. The molecule has 1 atom stereocenters. The van der Waals surface area contributed by atoms with Crippen molar-refractivity contribution in [3.05, 3.63) is 70.6 Å². The minimum Gasteiger partial charge on any atom is -0.617 e. The van der Waals surface area contributed by atoms with Crippen molar-refractivity contribution in [1.82, 2.24) is 14.7 Å². The predicted molar refractivity (Wildman–Crippen MR) is 108 cm³/mol. The molecule has 1 N–H and O–H groups in total. The second-order valence-corrected chi connectivity index (χ2v) is 7.84. The third kappa shape index (κ3) is 3.27. The molecule has 2 heterocycles. The highest BCUT2D eigenvalue weighted by molar-refractivity contribution is 7.90. The second-order valence-electron chi connectivity index (χ2n) is 6.28. The van der Waals surface area contributed by atoms with Crippen LogP contribution in [0.15, 0.2) is 59.5 Å². The molecular weight excluding hydrogens is 362 g/mol. The smallest absolute Gasteiger partial charge is 0.265 e. The molecule has 0 aliphatic rings. The number of nitrogens with one attached hydrogen (secondary N) is 1. The molecule has 0 aliphatic carbocycles. The fourth-order valence-corrected chi connectivity index (χ4v) is 3.48. The van der Waals surface area contributed by atoms with Gasteiger partial charge in [0.1, 0.15) is 5.75 Å². The van der Waals surface area contributed by atoms with Crippen molar-refractivity contribution in [1.29, 1.82) is 0 Å². The number of carbonyl (C=O) groups is 1.